The van der Waals surface area contributed by atoms with E-state index in [1.807, 2.05) is 12.1 Å². The number of amides is 1. The summed E-state index contributed by atoms with van der Waals surface area (Å²) in [6, 6.07) is 9.95. The zero-order valence-electron chi connectivity index (χ0n) is 10.6. The third-order valence-corrected chi connectivity index (χ3v) is 3.83. The largest absolute Gasteiger partial charge is 0.398 e. The highest BCUT2D eigenvalue weighted by Crippen LogP contribution is 2.35. The monoisotopic (exact) mass is 310 g/mol. The fraction of sp³-hybridized carbons (Fsp3) is 0.0714. The number of nitrogen functional groups attached to an aromatic ring is 1. The maximum absolute atomic E-state index is 13.2. The smallest absolute Gasteiger partial charge is 0.221 e. The SMILES string of the molecule is CC(=O)Nc1ccc(Sc2cc(Cl)c(F)cc2N)cc1. The van der Waals surface area contributed by atoms with E-state index >= 15 is 0 Å². The molecule has 0 heterocycles. The Morgan fingerprint density at radius 1 is 1.30 bits per heavy atom. The van der Waals surface area contributed by atoms with E-state index in [0.717, 1.165) is 4.90 Å². The van der Waals surface area contributed by atoms with Crippen molar-refractivity contribution in [2.75, 3.05) is 11.1 Å². The minimum atomic E-state index is -0.533. The third-order valence-electron chi connectivity index (χ3n) is 2.46. The van der Waals surface area contributed by atoms with Crippen LogP contribution in [0.4, 0.5) is 15.8 Å². The molecule has 2 aromatic carbocycles. The maximum atomic E-state index is 13.2. The van der Waals surface area contributed by atoms with Gasteiger partial charge >= 0.3 is 0 Å². The molecule has 0 aliphatic rings. The zero-order chi connectivity index (χ0) is 14.7. The lowest BCUT2D eigenvalue weighted by molar-refractivity contribution is -0.114. The van der Waals surface area contributed by atoms with Gasteiger partial charge < -0.3 is 11.1 Å². The van der Waals surface area contributed by atoms with Gasteiger partial charge in [0.05, 0.1) is 5.02 Å². The van der Waals surface area contributed by atoms with E-state index < -0.39 is 5.82 Å². The van der Waals surface area contributed by atoms with Gasteiger partial charge in [0.25, 0.3) is 0 Å². The molecule has 0 bridgehead atoms. The number of benzene rings is 2. The van der Waals surface area contributed by atoms with Crippen molar-refractivity contribution < 1.29 is 9.18 Å². The standard InChI is InChI=1S/C14H12ClFN2OS/c1-8(19)18-9-2-4-10(5-3-9)20-14-6-11(15)12(16)7-13(14)17/h2-7H,17H2,1H3,(H,18,19). The fourth-order valence-electron chi connectivity index (χ4n) is 1.57. The Morgan fingerprint density at radius 2 is 1.95 bits per heavy atom. The number of nitrogens with two attached hydrogens (primary N) is 1. The first-order valence-corrected chi connectivity index (χ1v) is 6.95. The number of hydrogen-bond donors (Lipinski definition) is 2. The predicted octanol–water partition coefficient (Wildman–Crippen LogP) is 4.17. The van der Waals surface area contributed by atoms with E-state index in [2.05, 4.69) is 5.32 Å². The van der Waals surface area contributed by atoms with Gasteiger partial charge in [-0.2, -0.15) is 0 Å². The summed E-state index contributed by atoms with van der Waals surface area (Å²) in [5.74, 6) is -0.658. The molecule has 20 heavy (non-hydrogen) atoms. The fourth-order valence-corrected chi connectivity index (χ4v) is 2.68. The van der Waals surface area contributed by atoms with Gasteiger partial charge in [-0.25, -0.2) is 4.39 Å². The first kappa shape index (κ1) is 14.7. The van der Waals surface area contributed by atoms with Crippen LogP contribution in [0.15, 0.2) is 46.2 Å². The molecule has 0 aliphatic carbocycles. The highest BCUT2D eigenvalue weighted by atomic mass is 35.5. The first-order valence-electron chi connectivity index (χ1n) is 5.76. The lowest BCUT2D eigenvalue weighted by Gasteiger charge is -2.08. The van der Waals surface area contributed by atoms with Crippen LogP contribution >= 0.6 is 23.4 Å². The second kappa shape index (κ2) is 6.15. The van der Waals surface area contributed by atoms with Crippen LogP contribution < -0.4 is 11.1 Å². The summed E-state index contributed by atoms with van der Waals surface area (Å²) in [4.78, 5) is 12.5. The van der Waals surface area contributed by atoms with Crippen molar-refractivity contribution in [1.82, 2.24) is 0 Å². The summed E-state index contributed by atoms with van der Waals surface area (Å²) in [6.45, 7) is 1.45. The molecule has 0 unspecified atom stereocenters. The Labute approximate surface area is 125 Å². The number of rotatable bonds is 3. The molecule has 0 spiro atoms. The van der Waals surface area contributed by atoms with Gasteiger partial charge in [0.15, 0.2) is 0 Å². The van der Waals surface area contributed by atoms with Gasteiger partial charge in [-0.3, -0.25) is 4.79 Å². The average molecular weight is 311 g/mol. The molecule has 1 amide bonds. The van der Waals surface area contributed by atoms with E-state index in [4.69, 9.17) is 17.3 Å². The molecule has 0 aromatic heterocycles. The molecule has 6 heteroatoms. The summed E-state index contributed by atoms with van der Waals surface area (Å²) in [6.07, 6.45) is 0. The molecule has 0 saturated carbocycles. The Bertz CT molecular complexity index is 646. The molecule has 0 atom stereocenters. The number of carbonyl (C=O) groups is 1. The van der Waals surface area contributed by atoms with Crippen LogP contribution in [0.1, 0.15) is 6.92 Å². The van der Waals surface area contributed by atoms with E-state index in [9.17, 15) is 9.18 Å². The van der Waals surface area contributed by atoms with Crippen molar-refractivity contribution >= 4 is 40.6 Å². The highest BCUT2D eigenvalue weighted by molar-refractivity contribution is 7.99. The van der Waals surface area contributed by atoms with Gasteiger partial charge in [-0.15, -0.1) is 0 Å². The summed E-state index contributed by atoms with van der Waals surface area (Å²) in [5.41, 5.74) is 6.81. The van der Waals surface area contributed by atoms with Crippen molar-refractivity contribution in [1.29, 1.82) is 0 Å². The van der Waals surface area contributed by atoms with Crippen molar-refractivity contribution in [2.24, 2.45) is 0 Å². The van der Waals surface area contributed by atoms with Crippen LogP contribution in [0.5, 0.6) is 0 Å². The normalized spacial score (nSPS) is 10.3. The minimum absolute atomic E-state index is 0.0385. The lowest BCUT2D eigenvalue weighted by Crippen LogP contribution is -2.05. The number of halogens is 2. The van der Waals surface area contributed by atoms with Crippen LogP contribution in [0.3, 0.4) is 0 Å². The summed E-state index contributed by atoms with van der Waals surface area (Å²) in [7, 11) is 0. The van der Waals surface area contributed by atoms with Crippen LogP contribution in [0.25, 0.3) is 0 Å². The highest BCUT2D eigenvalue weighted by Gasteiger charge is 2.08. The van der Waals surface area contributed by atoms with E-state index in [0.29, 0.717) is 16.3 Å². The number of hydrogen-bond acceptors (Lipinski definition) is 3. The quantitative estimate of drug-likeness (QED) is 0.837. The number of nitrogens with one attached hydrogen (secondary N) is 1. The molecule has 0 fully saturated rings. The molecule has 2 rings (SSSR count). The molecule has 0 radical (unpaired) electrons. The first-order chi connectivity index (χ1) is 9.45. The van der Waals surface area contributed by atoms with Crippen LogP contribution in [0, 0.1) is 5.82 Å². The Morgan fingerprint density at radius 3 is 2.55 bits per heavy atom. The van der Waals surface area contributed by atoms with Crippen molar-refractivity contribution in [3.63, 3.8) is 0 Å². The van der Waals surface area contributed by atoms with Gasteiger partial charge in [-0.1, -0.05) is 23.4 Å². The predicted molar refractivity (Wildman–Crippen MR) is 80.7 cm³/mol. The van der Waals surface area contributed by atoms with Crippen LogP contribution in [-0.2, 0) is 4.79 Å². The zero-order valence-corrected chi connectivity index (χ0v) is 12.2. The van der Waals surface area contributed by atoms with E-state index in [1.54, 1.807) is 12.1 Å². The van der Waals surface area contributed by atoms with E-state index in [-0.39, 0.29) is 10.9 Å². The molecule has 104 valence electrons. The van der Waals surface area contributed by atoms with Crippen LogP contribution in [-0.4, -0.2) is 5.91 Å². The molecular weight excluding hydrogens is 299 g/mol. The number of carbonyl (C=O) groups excluding carboxylic acids is 1. The van der Waals surface area contributed by atoms with Crippen molar-refractivity contribution in [3.8, 4) is 0 Å². The second-order valence-corrected chi connectivity index (χ2v) is 5.63. The molecular formula is C14H12ClFN2OS. The topological polar surface area (TPSA) is 55.1 Å². The van der Waals surface area contributed by atoms with Crippen molar-refractivity contribution in [2.45, 2.75) is 16.7 Å². The number of anilines is 2. The second-order valence-electron chi connectivity index (χ2n) is 4.11. The lowest BCUT2D eigenvalue weighted by atomic mass is 10.3. The molecule has 2 aromatic rings. The van der Waals surface area contributed by atoms with Gasteiger partial charge in [0, 0.05) is 28.1 Å². The van der Waals surface area contributed by atoms with Crippen LogP contribution in [0.2, 0.25) is 5.02 Å². The molecule has 3 nitrogen and oxygen atoms in total. The Kier molecular flexibility index (Phi) is 4.52. The van der Waals surface area contributed by atoms with E-state index in [1.165, 1.54) is 30.8 Å². The van der Waals surface area contributed by atoms with Gasteiger partial charge in [0.1, 0.15) is 5.82 Å². The summed E-state index contributed by atoms with van der Waals surface area (Å²) >= 11 is 7.12. The Hall–Kier alpha value is -1.72. The minimum Gasteiger partial charge on any atom is -0.398 e. The maximum Gasteiger partial charge on any atom is 0.221 e. The summed E-state index contributed by atoms with van der Waals surface area (Å²) in [5, 5.41) is 2.72. The van der Waals surface area contributed by atoms with Gasteiger partial charge in [-0.05, 0) is 36.4 Å². The molecule has 0 saturated heterocycles. The summed E-state index contributed by atoms with van der Waals surface area (Å²) < 4.78 is 13.2. The molecule has 0 aliphatic heterocycles. The van der Waals surface area contributed by atoms with Crippen molar-refractivity contribution in [3.05, 3.63) is 47.2 Å². The van der Waals surface area contributed by atoms with Gasteiger partial charge in [0.2, 0.25) is 5.91 Å². The molecule has 3 N–H and O–H groups in total. The third kappa shape index (κ3) is 3.65. The average Bonchev–Trinajstić information content (AvgIpc) is 2.37. The Balaban J connectivity index is 2.18.